The predicted octanol–water partition coefficient (Wildman–Crippen LogP) is 2.48. The van der Waals surface area contributed by atoms with Crippen molar-refractivity contribution >= 4 is 22.0 Å². The molecule has 4 nitrogen and oxygen atoms in total. The fourth-order valence-electron chi connectivity index (χ4n) is 2.42. The molecule has 21 heavy (non-hydrogen) atoms. The van der Waals surface area contributed by atoms with Crippen molar-refractivity contribution in [2.45, 2.75) is 13.3 Å². The average molecular weight is 358 g/mol. The van der Waals surface area contributed by atoms with Crippen LogP contribution >= 0.6 is 15.9 Å². The largest absolute Gasteiger partial charge is 0.338 e. The van der Waals surface area contributed by atoms with Gasteiger partial charge in [-0.15, -0.1) is 0 Å². The van der Waals surface area contributed by atoms with E-state index in [0.717, 1.165) is 37.2 Å². The number of carbonyl (C=O) groups is 1. The molecule has 0 atom stereocenters. The number of hydrogen-bond donors (Lipinski definition) is 1. The Hall–Kier alpha value is -1.14. The van der Waals surface area contributed by atoms with Crippen LogP contribution < -0.4 is 5.32 Å². The van der Waals surface area contributed by atoms with Crippen molar-refractivity contribution in [2.24, 2.45) is 0 Å². The molecule has 1 fully saturated rings. The van der Waals surface area contributed by atoms with Gasteiger partial charge in [-0.25, -0.2) is 9.18 Å². The Bertz CT molecular complexity index is 490. The molecule has 1 N–H and O–H groups in total. The number of amides is 2. The van der Waals surface area contributed by atoms with Crippen LogP contribution in [0, 0.1) is 5.82 Å². The van der Waals surface area contributed by atoms with Gasteiger partial charge < -0.3 is 15.1 Å². The maximum Gasteiger partial charge on any atom is 0.317 e. The van der Waals surface area contributed by atoms with Crippen molar-refractivity contribution in [3.05, 3.63) is 34.1 Å². The highest BCUT2D eigenvalue weighted by Crippen LogP contribution is 2.15. The van der Waals surface area contributed by atoms with Gasteiger partial charge in [0.25, 0.3) is 0 Å². The summed E-state index contributed by atoms with van der Waals surface area (Å²) in [5.74, 6) is -0.232. The SMILES string of the molecule is CCN1CCN(C(=O)NCCc2cc(Br)ccc2F)CC1. The van der Waals surface area contributed by atoms with Crippen molar-refractivity contribution in [2.75, 3.05) is 39.3 Å². The summed E-state index contributed by atoms with van der Waals surface area (Å²) in [5, 5.41) is 2.87. The van der Waals surface area contributed by atoms with E-state index in [1.165, 1.54) is 6.07 Å². The Morgan fingerprint density at radius 2 is 2.05 bits per heavy atom. The fourth-order valence-corrected chi connectivity index (χ4v) is 2.83. The van der Waals surface area contributed by atoms with Gasteiger partial charge in [0, 0.05) is 37.2 Å². The number of rotatable bonds is 4. The molecule has 0 bridgehead atoms. The second-order valence-corrected chi connectivity index (χ2v) is 6.05. The zero-order valence-corrected chi connectivity index (χ0v) is 13.8. The molecule has 0 saturated carbocycles. The lowest BCUT2D eigenvalue weighted by Gasteiger charge is -2.34. The van der Waals surface area contributed by atoms with Crippen LogP contribution in [0.1, 0.15) is 12.5 Å². The van der Waals surface area contributed by atoms with Crippen LogP contribution in [0.4, 0.5) is 9.18 Å². The third kappa shape index (κ3) is 4.68. The molecule has 0 spiro atoms. The number of nitrogens with zero attached hydrogens (tertiary/aromatic N) is 2. The van der Waals surface area contributed by atoms with Crippen molar-refractivity contribution in [3.8, 4) is 0 Å². The lowest BCUT2D eigenvalue weighted by Crippen LogP contribution is -2.51. The van der Waals surface area contributed by atoms with Crippen molar-refractivity contribution in [3.63, 3.8) is 0 Å². The molecule has 116 valence electrons. The zero-order valence-electron chi connectivity index (χ0n) is 12.2. The molecule has 2 rings (SSSR count). The number of urea groups is 1. The molecule has 1 aliphatic heterocycles. The average Bonchev–Trinajstić information content (AvgIpc) is 2.50. The molecule has 1 aliphatic rings. The van der Waals surface area contributed by atoms with Gasteiger partial charge in [0.05, 0.1) is 0 Å². The van der Waals surface area contributed by atoms with E-state index >= 15 is 0 Å². The summed E-state index contributed by atoms with van der Waals surface area (Å²) in [4.78, 5) is 16.2. The summed E-state index contributed by atoms with van der Waals surface area (Å²) >= 11 is 3.33. The van der Waals surface area contributed by atoms with Gasteiger partial charge in [0.1, 0.15) is 5.82 Å². The maximum absolute atomic E-state index is 13.6. The van der Waals surface area contributed by atoms with E-state index in [-0.39, 0.29) is 11.8 Å². The Kier molecular flexibility index (Phi) is 5.99. The molecule has 0 aliphatic carbocycles. The quantitative estimate of drug-likeness (QED) is 0.898. The van der Waals surface area contributed by atoms with E-state index in [9.17, 15) is 9.18 Å². The zero-order chi connectivity index (χ0) is 15.2. The fraction of sp³-hybridized carbons (Fsp3) is 0.533. The van der Waals surface area contributed by atoms with E-state index in [1.54, 1.807) is 12.1 Å². The van der Waals surface area contributed by atoms with Crippen LogP contribution in [0.2, 0.25) is 0 Å². The standard InChI is InChI=1S/C15H21BrFN3O/c1-2-19-7-9-20(10-8-19)15(21)18-6-5-12-11-13(16)3-4-14(12)17/h3-4,11H,2,5-10H2,1H3,(H,18,21). The lowest BCUT2D eigenvalue weighted by atomic mass is 10.1. The predicted molar refractivity (Wildman–Crippen MR) is 84.9 cm³/mol. The second-order valence-electron chi connectivity index (χ2n) is 5.14. The minimum atomic E-state index is -0.232. The van der Waals surface area contributed by atoms with Gasteiger partial charge in [-0.05, 0) is 36.7 Å². The van der Waals surface area contributed by atoms with Gasteiger partial charge in [0.15, 0.2) is 0 Å². The number of carbonyl (C=O) groups excluding carboxylic acids is 1. The third-order valence-corrected chi connectivity index (χ3v) is 4.28. The highest BCUT2D eigenvalue weighted by atomic mass is 79.9. The molecule has 1 saturated heterocycles. The normalized spacial score (nSPS) is 16.0. The van der Waals surface area contributed by atoms with Crippen molar-refractivity contribution in [1.82, 2.24) is 15.1 Å². The molecule has 0 aromatic heterocycles. The van der Waals surface area contributed by atoms with E-state index in [4.69, 9.17) is 0 Å². The molecule has 6 heteroatoms. The molecule has 0 radical (unpaired) electrons. The highest BCUT2D eigenvalue weighted by molar-refractivity contribution is 9.10. The van der Waals surface area contributed by atoms with Crippen LogP contribution in [0.15, 0.2) is 22.7 Å². The summed E-state index contributed by atoms with van der Waals surface area (Å²) in [7, 11) is 0. The van der Waals surface area contributed by atoms with Crippen molar-refractivity contribution < 1.29 is 9.18 Å². The van der Waals surface area contributed by atoms with Crippen LogP contribution in [0.5, 0.6) is 0 Å². The summed E-state index contributed by atoms with van der Waals surface area (Å²) in [6.45, 7) is 6.95. The summed E-state index contributed by atoms with van der Waals surface area (Å²) in [5.41, 5.74) is 0.612. The topological polar surface area (TPSA) is 35.6 Å². The smallest absolute Gasteiger partial charge is 0.317 e. The van der Waals surface area contributed by atoms with Crippen molar-refractivity contribution in [1.29, 1.82) is 0 Å². The molecular weight excluding hydrogens is 337 g/mol. The van der Waals surface area contributed by atoms with Gasteiger partial charge in [-0.2, -0.15) is 0 Å². The Morgan fingerprint density at radius 1 is 1.33 bits per heavy atom. The number of hydrogen-bond acceptors (Lipinski definition) is 2. The first-order valence-corrected chi connectivity index (χ1v) is 8.08. The number of piperazine rings is 1. The lowest BCUT2D eigenvalue weighted by molar-refractivity contribution is 0.143. The van der Waals surface area contributed by atoms with Gasteiger partial charge in [-0.3, -0.25) is 0 Å². The first-order valence-electron chi connectivity index (χ1n) is 7.29. The first-order chi connectivity index (χ1) is 10.1. The molecular formula is C15H21BrFN3O. The van der Waals surface area contributed by atoms with Gasteiger partial charge in [0.2, 0.25) is 0 Å². The van der Waals surface area contributed by atoms with Crippen LogP contribution in [0.25, 0.3) is 0 Å². The summed E-state index contributed by atoms with van der Waals surface area (Å²) in [6.07, 6.45) is 0.492. The van der Waals surface area contributed by atoms with E-state index in [0.29, 0.717) is 18.5 Å². The number of benzene rings is 1. The maximum atomic E-state index is 13.6. The molecule has 1 aromatic carbocycles. The molecule has 1 aromatic rings. The molecule has 2 amide bonds. The molecule has 0 unspecified atom stereocenters. The highest BCUT2D eigenvalue weighted by Gasteiger charge is 2.19. The Balaban J connectivity index is 1.76. The van der Waals surface area contributed by atoms with Gasteiger partial charge >= 0.3 is 6.03 Å². The minimum absolute atomic E-state index is 0.0545. The van der Waals surface area contributed by atoms with Crippen LogP contribution in [-0.4, -0.2) is 55.1 Å². The van der Waals surface area contributed by atoms with Gasteiger partial charge in [-0.1, -0.05) is 22.9 Å². The first kappa shape index (κ1) is 16.2. The monoisotopic (exact) mass is 357 g/mol. The summed E-state index contributed by atoms with van der Waals surface area (Å²) in [6, 6.07) is 4.80. The number of likely N-dealkylation sites (N-methyl/N-ethyl adjacent to an activating group) is 1. The summed E-state index contributed by atoms with van der Waals surface area (Å²) < 4.78 is 14.4. The van der Waals surface area contributed by atoms with E-state index in [2.05, 4.69) is 33.1 Å². The second kappa shape index (κ2) is 7.75. The van der Waals surface area contributed by atoms with Crippen LogP contribution in [-0.2, 0) is 6.42 Å². The Morgan fingerprint density at radius 3 is 2.71 bits per heavy atom. The van der Waals surface area contributed by atoms with Crippen LogP contribution in [0.3, 0.4) is 0 Å². The third-order valence-electron chi connectivity index (χ3n) is 3.79. The minimum Gasteiger partial charge on any atom is -0.338 e. The Labute approximate surface area is 133 Å². The number of halogens is 2. The number of nitrogens with one attached hydrogen (secondary N) is 1. The van der Waals surface area contributed by atoms with E-state index in [1.807, 2.05) is 4.90 Å². The van der Waals surface area contributed by atoms with E-state index < -0.39 is 0 Å². The molecule has 1 heterocycles.